The van der Waals surface area contributed by atoms with Crippen LogP contribution in [0.2, 0.25) is 5.02 Å². The van der Waals surface area contributed by atoms with E-state index >= 15 is 0 Å². The molecule has 2 aromatic carbocycles. The molecular formula is C21H22ClN3O2S. The molecule has 28 heavy (non-hydrogen) atoms. The lowest BCUT2D eigenvalue weighted by molar-refractivity contribution is -0.131. The molecule has 1 amide bonds. The molecule has 0 radical (unpaired) electrons. The molecule has 3 aromatic rings. The van der Waals surface area contributed by atoms with Crippen LogP contribution in [0.1, 0.15) is 19.4 Å². The van der Waals surface area contributed by atoms with Crippen molar-refractivity contribution in [3.63, 3.8) is 0 Å². The Morgan fingerprint density at radius 2 is 1.89 bits per heavy atom. The number of aromatic nitrogens is 2. The molecule has 7 heteroatoms. The van der Waals surface area contributed by atoms with Gasteiger partial charge in [-0.05, 0) is 37.6 Å². The molecule has 1 unspecified atom stereocenters. The maximum atomic E-state index is 13.1. The highest BCUT2D eigenvalue weighted by molar-refractivity contribution is 8.00. The summed E-state index contributed by atoms with van der Waals surface area (Å²) in [5.41, 5.74) is 1.26. The number of nitrogens with zero attached hydrogens (tertiary/aromatic N) is 3. The molecule has 0 bridgehead atoms. The third-order valence-electron chi connectivity index (χ3n) is 4.63. The average molecular weight is 416 g/mol. The van der Waals surface area contributed by atoms with Crippen LogP contribution in [-0.4, -0.2) is 34.5 Å². The summed E-state index contributed by atoms with van der Waals surface area (Å²) >= 11 is 7.35. The lowest BCUT2D eigenvalue weighted by Crippen LogP contribution is -2.40. The second-order valence-electron chi connectivity index (χ2n) is 6.81. The van der Waals surface area contributed by atoms with Crippen molar-refractivity contribution in [1.82, 2.24) is 14.5 Å². The fourth-order valence-electron chi connectivity index (χ4n) is 3.12. The quantitative estimate of drug-likeness (QED) is 0.463. The molecule has 1 heterocycles. The number of benzene rings is 2. The smallest absolute Gasteiger partial charge is 0.262 e. The highest BCUT2D eigenvalue weighted by Crippen LogP contribution is 2.41. The van der Waals surface area contributed by atoms with Crippen molar-refractivity contribution in [2.45, 2.75) is 30.3 Å². The molecule has 146 valence electrons. The number of hydrogen-bond donors (Lipinski definition) is 0. The minimum absolute atomic E-state index is 0.0724. The van der Waals surface area contributed by atoms with Crippen molar-refractivity contribution in [2.75, 3.05) is 14.1 Å². The van der Waals surface area contributed by atoms with Crippen LogP contribution in [-0.2, 0) is 16.1 Å². The minimum atomic E-state index is -0.929. The third kappa shape index (κ3) is 3.66. The molecule has 0 saturated heterocycles. The van der Waals surface area contributed by atoms with Crippen molar-refractivity contribution in [3.05, 3.63) is 69.5 Å². The first-order valence-corrected chi connectivity index (χ1v) is 10.1. The number of likely N-dealkylation sites (N-methyl/N-ethyl adjacent to an activating group) is 1. The van der Waals surface area contributed by atoms with Gasteiger partial charge in [-0.15, -0.1) is 0 Å². The normalized spacial score (nSPS) is 13.3. The molecule has 0 spiro atoms. The lowest BCUT2D eigenvalue weighted by atomic mass is 9.99. The van der Waals surface area contributed by atoms with Crippen molar-refractivity contribution in [2.24, 2.45) is 0 Å². The monoisotopic (exact) mass is 415 g/mol. The summed E-state index contributed by atoms with van der Waals surface area (Å²) < 4.78 is 0.661. The molecule has 0 aliphatic carbocycles. The highest BCUT2D eigenvalue weighted by Gasteiger charge is 2.39. The van der Waals surface area contributed by atoms with Crippen LogP contribution in [0.3, 0.4) is 0 Å². The van der Waals surface area contributed by atoms with E-state index < -0.39 is 4.75 Å². The Labute approximate surface area is 173 Å². The molecule has 0 N–H and O–H groups in total. The number of amides is 1. The Kier molecular flexibility index (Phi) is 5.82. The highest BCUT2D eigenvalue weighted by atomic mass is 35.5. The third-order valence-corrected chi connectivity index (χ3v) is 6.18. The standard InChI is InChI=1S/C21H22ClN3O2S/c1-5-25-18(26)16-13-15(22)11-12-17(16)23-20(25)28-21(2,19(27)24(3)4)14-9-7-6-8-10-14/h6-13H,5H2,1-4H3. The van der Waals surface area contributed by atoms with Crippen molar-refractivity contribution in [3.8, 4) is 0 Å². The molecule has 0 saturated carbocycles. The predicted octanol–water partition coefficient (Wildman–Crippen LogP) is 4.17. The Morgan fingerprint density at radius 3 is 2.50 bits per heavy atom. The van der Waals surface area contributed by atoms with Gasteiger partial charge < -0.3 is 4.90 Å². The SMILES string of the molecule is CCn1c(SC(C)(C(=O)N(C)C)c2ccccc2)nc2ccc(Cl)cc2c1=O. The second kappa shape index (κ2) is 7.97. The number of fused-ring (bicyclic) bond motifs is 1. The Morgan fingerprint density at radius 1 is 1.21 bits per heavy atom. The predicted molar refractivity (Wildman–Crippen MR) is 115 cm³/mol. The topological polar surface area (TPSA) is 55.2 Å². The van der Waals surface area contributed by atoms with E-state index in [1.54, 1.807) is 41.8 Å². The molecule has 0 aliphatic heterocycles. The van der Waals surface area contributed by atoms with Gasteiger partial charge in [0.05, 0.1) is 10.9 Å². The van der Waals surface area contributed by atoms with Crippen molar-refractivity contribution < 1.29 is 4.79 Å². The van der Waals surface area contributed by atoms with Crippen molar-refractivity contribution >= 4 is 40.2 Å². The van der Waals surface area contributed by atoms with Gasteiger partial charge in [-0.1, -0.05) is 53.7 Å². The number of hydrogen-bond acceptors (Lipinski definition) is 4. The van der Waals surface area contributed by atoms with Crippen LogP contribution in [0.25, 0.3) is 10.9 Å². The van der Waals surface area contributed by atoms with Gasteiger partial charge in [-0.2, -0.15) is 0 Å². The number of carbonyl (C=O) groups is 1. The number of carbonyl (C=O) groups excluding carboxylic acids is 1. The summed E-state index contributed by atoms with van der Waals surface area (Å²) in [7, 11) is 3.46. The van der Waals surface area contributed by atoms with E-state index in [0.717, 1.165) is 5.56 Å². The van der Waals surface area contributed by atoms with Gasteiger partial charge in [0, 0.05) is 25.7 Å². The van der Waals surface area contributed by atoms with Gasteiger partial charge in [0.2, 0.25) is 5.91 Å². The summed E-state index contributed by atoms with van der Waals surface area (Å²) in [4.78, 5) is 32.4. The molecule has 0 fully saturated rings. The van der Waals surface area contributed by atoms with Gasteiger partial charge >= 0.3 is 0 Å². The Balaban J connectivity index is 2.21. The van der Waals surface area contributed by atoms with Gasteiger partial charge in [0.25, 0.3) is 5.56 Å². The minimum Gasteiger partial charge on any atom is -0.347 e. The summed E-state index contributed by atoms with van der Waals surface area (Å²) in [6.45, 7) is 4.20. The van der Waals surface area contributed by atoms with Gasteiger partial charge in [0.15, 0.2) is 5.16 Å². The zero-order valence-electron chi connectivity index (χ0n) is 16.3. The first kappa shape index (κ1) is 20.4. The molecule has 5 nitrogen and oxygen atoms in total. The van der Waals surface area contributed by atoms with Gasteiger partial charge in [0.1, 0.15) is 4.75 Å². The second-order valence-corrected chi connectivity index (χ2v) is 8.63. The van der Waals surface area contributed by atoms with Gasteiger partial charge in [-0.3, -0.25) is 14.2 Å². The van der Waals surface area contributed by atoms with E-state index in [1.807, 2.05) is 44.2 Å². The van der Waals surface area contributed by atoms with E-state index in [0.29, 0.717) is 27.6 Å². The molecular weight excluding hydrogens is 394 g/mol. The van der Waals surface area contributed by atoms with E-state index in [2.05, 4.69) is 0 Å². The number of rotatable bonds is 5. The maximum Gasteiger partial charge on any atom is 0.262 e. The summed E-state index contributed by atoms with van der Waals surface area (Å²) in [5.74, 6) is -0.0724. The lowest BCUT2D eigenvalue weighted by Gasteiger charge is -2.31. The van der Waals surface area contributed by atoms with E-state index in [-0.39, 0.29) is 11.5 Å². The summed E-state index contributed by atoms with van der Waals surface area (Å²) in [6.07, 6.45) is 0. The molecule has 1 aromatic heterocycles. The zero-order valence-corrected chi connectivity index (χ0v) is 17.8. The van der Waals surface area contributed by atoms with Gasteiger partial charge in [-0.25, -0.2) is 4.98 Å². The van der Waals surface area contributed by atoms with Crippen LogP contribution in [0.15, 0.2) is 58.5 Å². The van der Waals surface area contributed by atoms with Crippen LogP contribution in [0, 0.1) is 0 Å². The maximum absolute atomic E-state index is 13.1. The largest absolute Gasteiger partial charge is 0.347 e. The van der Waals surface area contributed by atoms with Crippen LogP contribution >= 0.6 is 23.4 Å². The zero-order chi connectivity index (χ0) is 20.5. The first-order chi connectivity index (χ1) is 13.3. The Hall–Kier alpha value is -2.31. The fraction of sp³-hybridized carbons (Fsp3) is 0.286. The fourth-order valence-corrected chi connectivity index (χ4v) is 4.65. The molecule has 0 aliphatic rings. The molecule has 3 rings (SSSR count). The first-order valence-electron chi connectivity index (χ1n) is 8.94. The van der Waals surface area contributed by atoms with E-state index in [1.165, 1.54) is 11.8 Å². The number of thioether (sulfide) groups is 1. The van der Waals surface area contributed by atoms with E-state index in [4.69, 9.17) is 16.6 Å². The van der Waals surface area contributed by atoms with E-state index in [9.17, 15) is 9.59 Å². The average Bonchev–Trinajstić information content (AvgIpc) is 2.69. The summed E-state index contributed by atoms with van der Waals surface area (Å²) in [6, 6.07) is 14.6. The van der Waals surface area contributed by atoms with Crippen LogP contribution in [0.4, 0.5) is 0 Å². The van der Waals surface area contributed by atoms with Crippen molar-refractivity contribution in [1.29, 1.82) is 0 Å². The Bertz CT molecular complexity index is 1080. The van der Waals surface area contributed by atoms with Crippen LogP contribution < -0.4 is 5.56 Å². The molecule has 1 atom stereocenters. The van der Waals surface area contributed by atoms with Crippen LogP contribution in [0.5, 0.6) is 0 Å². The number of halogens is 1. The summed E-state index contributed by atoms with van der Waals surface area (Å²) in [5, 5.41) is 1.47.